The number of carbonyl (C=O) groups excluding carboxylic acids is 1. The van der Waals surface area contributed by atoms with Crippen molar-refractivity contribution in [3.05, 3.63) is 36.3 Å². The maximum absolute atomic E-state index is 14.0. The zero-order chi connectivity index (χ0) is 21.6. The number of nitrogens with zero attached hydrogens (tertiary/aromatic N) is 2. The van der Waals surface area contributed by atoms with Crippen molar-refractivity contribution in [1.82, 2.24) is 15.4 Å². The number of benzene rings is 1. The van der Waals surface area contributed by atoms with Gasteiger partial charge in [0.1, 0.15) is 12.4 Å². The quantitative estimate of drug-likeness (QED) is 0.209. The number of hydrogen-bond acceptors (Lipinski definition) is 8. The Bertz CT molecular complexity index is 776. The lowest BCUT2D eigenvalue weighted by atomic mass is 10.1. The molecule has 0 radical (unpaired) electrons. The number of amides is 1. The molecule has 0 aliphatic heterocycles. The molecule has 1 aromatic heterocycles. The van der Waals surface area contributed by atoms with Gasteiger partial charge in [-0.1, -0.05) is 12.8 Å². The maximum atomic E-state index is 14.0. The molecule has 0 saturated heterocycles. The van der Waals surface area contributed by atoms with Crippen molar-refractivity contribution >= 4 is 23.4 Å². The molecule has 0 aliphatic rings. The largest absolute Gasteiger partial charge is 0.491 e. The second-order valence-electron chi connectivity index (χ2n) is 6.51. The lowest BCUT2D eigenvalue weighted by Gasteiger charge is -2.10. The lowest BCUT2D eigenvalue weighted by Crippen LogP contribution is -2.17. The summed E-state index contributed by atoms with van der Waals surface area (Å²) in [5.74, 6) is 0.220. The minimum Gasteiger partial charge on any atom is -0.491 e. The number of carbonyl (C=O) groups is 1. The monoisotopic (exact) mass is 421 g/mol. The van der Waals surface area contributed by atoms with Crippen molar-refractivity contribution in [2.75, 3.05) is 37.5 Å². The number of unbranched alkanes of at least 4 members (excludes halogenated alkanes) is 3. The SMILES string of the molecule is COCCOc1ccc(Nc2ncc(F)c(NCCCCCCC(=O)NO)n2)cc1. The molecule has 0 fully saturated rings. The first-order valence-electron chi connectivity index (χ1n) is 9.80. The molecule has 0 spiro atoms. The fourth-order valence-corrected chi connectivity index (χ4v) is 2.58. The minimum absolute atomic E-state index is 0.131. The summed E-state index contributed by atoms with van der Waals surface area (Å²) in [6, 6.07) is 7.26. The highest BCUT2D eigenvalue weighted by molar-refractivity contribution is 5.74. The van der Waals surface area contributed by atoms with Crippen LogP contribution in [0.25, 0.3) is 0 Å². The predicted octanol–water partition coefficient (Wildman–Crippen LogP) is 3.25. The van der Waals surface area contributed by atoms with Crippen molar-refractivity contribution in [1.29, 1.82) is 0 Å². The van der Waals surface area contributed by atoms with E-state index in [1.165, 1.54) is 0 Å². The molecular formula is C20H28FN5O4. The van der Waals surface area contributed by atoms with Crippen molar-refractivity contribution in [3.8, 4) is 5.75 Å². The molecule has 10 heteroatoms. The molecule has 30 heavy (non-hydrogen) atoms. The van der Waals surface area contributed by atoms with E-state index in [2.05, 4.69) is 20.6 Å². The van der Waals surface area contributed by atoms with Crippen LogP contribution >= 0.6 is 0 Å². The van der Waals surface area contributed by atoms with E-state index in [0.29, 0.717) is 32.6 Å². The minimum atomic E-state index is -0.526. The first-order chi connectivity index (χ1) is 14.6. The van der Waals surface area contributed by atoms with Crippen molar-refractivity contribution < 1.29 is 23.9 Å². The van der Waals surface area contributed by atoms with Gasteiger partial charge in [-0.05, 0) is 37.1 Å². The number of ether oxygens (including phenoxy) is 2. The molecule has 1 amide bonds. The number of hydroxylamine groups is 1. The lowest BCUT2D eigenvalue weighted by molar-refractivity contribution is -0.129. The second kappa shape index (κ2) is 13.3. The Labute approximate surface area is 175 Å². The summed E-state index contributed by atoms with van der Waals surface area (Å²) in [5.41, 5.74) is 2.36. The molecule has 4 N–H and O–H groups in total. The van der Waals surface area contributed by atoms with Crippen LogP contribution in [-0.4, -0.2) is 48.0 Å². The van der Waals surface area contributed by atoms with Crippen LogP contribution in [0.5, 0.6) is 5.75 Å². The van der Waals surface area contributed by atoms with E-state index in [4.69, 9.17) is 14.7 Å². The fraction of sp³-hybridized carbons (Fsp3) is 0.450. The van der Waals surface area contributed by atoms with Crippen LogP contribution in [-0.2, 0) is 9.53 Å². The van der Waals surface area contributed by atoms with Gasteiger partial charge in [0.2, 0.25) is 11.9 Å². The summed E-state index contributed by atoms with van der Waals surface area (Å²) >= 11 is 0. The van der Waals surface area contributed by atoms with E-state index in [0.717, 1.165) is 36.9 Å². The molecule has 2 rings (SSSR count). The molecule has 0 aliphatic carbocycles. The van der Waals surface area contributed by atoms with E-state index >= 15 is 0 Å². The summed E-state index contributed by atoms with van der Waals surface area (Å²) in [5, 5.41) is 14.4. The van der Waals surface area contributed by atoms with Crippen molar-refractivity contribution in [3.63, 3.8) is 0 Å². The van der Waals surface area contributed by atoms with Crippen LogP contribution in [0, 0.1) is 5.82 Å². The van der Waals surface area contributed by atoms with E-state index in [1.807, 2.05) is 24.3 Å². The van der Waals surface area contributed by atoms with Crippen LogP contribution in [0.2, 0.25) is 0 Å². The molecule has 1 heterocycles. The number of methoxy groups -OCH3 is 1. The molecule has 0 unspecified atom stereocenters. The third-order valence-corrected chi connectivity index (χ3v) is 4.16. The van der Waals surface area contributed by atoms with Gasteiger partial charge in [-0.3, -0.25) is 10.0 Å². The van der Waals surface area contributed by atoms with Gasteiger partial charge in [0, 0.05) is 25.8 Å². The van der Waals surface area contributed by atoms with Crippen molar-refractivity contribution in [2.45, 2.75) is 32.1 Å². The molecule has 2 aromatic rings. The average Bonchev–Trinajstić information content (AvgIpc) is 2.76. The van der Waals surface area contributed by atoms with Crippen LogP contribution in [0.4, 0.5) is 21.8 Å². The van der Waals surface area contributed by atoms with E-state index < -0.39 is 5.82 Å². The van der Waals surface area contributed by atoms with Gasteiger partial charge in [0.05, 0.1) is 12.8 Å². The Morgan fingerprint density at radius 3 is 2.63 bits per heavy atom. The van der Waals surface area contributed by atoms with Crippen LogP contribution in [0.3, 0.4) is 0 Å². The van der Waals surface area contributed by atoms with E-state index in [1.54, 1.807) is 12.6 Å². The Balaban J connectivity index is 1.77. The summed E-state index contributed by atoms with van der Waals surface area (Å²) < 4.78 is 24.4. The standard InChI is InChI=1S/C20H28FN5O4/c1-29-12-13-30-16-9-7-15(8-10-16)24-20-23-14-17(21)19(25-20)22-11-5-3-2-4-6-18(27)26-28/h7-10,14,28H,2-6,11-13H2,1H3,(H,26,27)(H2,22,23,24,25). The highest BCUT2D eigenvalue weighted by Crippen LogP contribution is 2.20. The number of rotatable bonds is 14. The number of halogens is 1. The summed E-state index contributed by atoms with van der Waals surface area (Å²) in [4.78, 5) is 19.1. The van der Waals surface area contributed by atoms with Gasteiger partial charge in [-0.2, -0.15) is 4.98 Å². The predicted molar refractivity (Wildman–Crippen MR) is 111 cm³/mol. The van der Waals surface area contributed by atoms with Gasteiger partial charge in [-0.15, -0.1) is 0 Å². The van der Waals surface area contributed by atoms with Gasteiger partial charge in [0.25, 0.3) is 0 Å². The zero-order valence-electron chi connectivity index (χ0n) is 17.0. The topological polar surface area (TPSA) is 118 Å². The van der Waals surface area contributed by atoms with E-state index in [-0.39, 0.29) is 17.7 Å². The molecule has 0 saturated carbocycles. The second-order valence-corrected chi connectivity index (χ2v) is 6.51. The highest BCUT2D eigenvalue weighted by Gasteiger charge is 2.07. The molecule has 0 atom stereocenters. The number of hydrogen-bond donors (Lipinski definition) is 4. The molecule has 0 bridgehead atoms. The molecule has 164 valence electrons. The normalized spacial score (nSPS) is 10.5. The molecule has 1 aromatic carbocycles. The van der Waals surface area contributed by atoms with Gasteiger partial charge < -0.3 is 20.1 Å². The number of anilines is 3. The molecule has 9 nitrogen and oxygen atoms in total. The fourth-order valence-electron chi connectivity index (χ4n) is 2.58. The van der Waals surface area contributed by atoms with Crippen molar-refractivity contribution in [2.24, 2.45) is 0 Å². The van der Waals surface area contributed by atoms with Gasteiger partial charge >= 0.3 is 0 Å². The summed E-state index contributed by atoms with van der Waals surface area (Å²) in [6.45, 7) is 1.53. The Morgan fingerprint density at radius 2 is 1.90 bits per heavy atom. The zero-order valence-corrected chi connectivity index (χ0v) is 17.0. The average molecular weight is 421 g/mol. The Kier molecular flexibility index (Phi) is 10.3. The maximum Gasteiger partial charge on any atom is 0.243 e. The number of nitrogens with one attached hydrogen (secondary N) is 3. The van der Waals surface area contributed by atoms with E-state index in [9.17, 15) is 9.18 Å². The van der Waals surface area contributed by atoms with Gasteiger partial charge in [-0.25, -0.2) is 14.9 Å². The third kappa shape index (κ3) is 8.58. The van der Waals surface area contributed by atoms with Crippen LogP contribution in [0.15, 0.2) is 30.5 Å². The van der Waals surface area contributed by atoms with Crippen LogP contribution in [0.1, 0.15) is 32.1 Å². The Morgan fingerprint density at radius 1 is 1.13 bits per heavy atom. The first kappa shape index (κ1) is 23.3. The van der Waals surface area contributed by atoms with Gasteiger partial charge in [0.15, 0.2) is 11.6 Å². The smallest absolute Gasteiger partial charge is 0.243 e. The third-order valence-electron chi connectivity index (χ3n) is 4.16. The highest BCUT2D eigenvalue weighted by atomic mass is 19.1. The summed E-state index contributed by atoms with van der Waals surface area (Å²) in [6.07, 6.45) is 4.63. The molecular weight excluding hydrogens is 393 g/mol. The Hall–Kier alpha value is -2.98. The number of aromatic nitrogens is 2. The summed E-state index contributed by atoms with van der Waals surface area (Å²) in [7, 11) is 1.62. The first-order valence-corrected chi connectivity index (χ1v) is 9.80. The van der Waals surface area contributed by atoms with Crippen LogP contribution < -0.4 is 20.9 Å².